The highest BCUT2D eigenvalue weighted by atomic mass is 19.4. The van der Waals surface area contributed by atoms with Crippen LogP contribution < -0.4 is 5.32 Å². The van der Waals surface area contributed by atoms with Gasteiger partial charge in [0.2, 0.25) is 5.91 Å². The van der Waals surface area contributed by atoms with E-state index in [4.69, 9.17) is 0 Å². The zero-order valence-electron chi connectivity index (χ0n) is 26.4. The Morgan fingerprint density at radius 1 is 0.980 bits per heavy atom. The third kappa shape index (κ3) is 5.09. The SMILES string of the molecule is O=C1C[C@]2(NC(=O)N(CC(=O)N(Cc3ccc(F)cc3)C3(C(F)(F)F)CC3)C2=O)c2ccc(-c3cnn(C4CN(C5CC(F)(F)C5)C4)c3)cc21. The molecule has 2 aliphatic heterocycles. The molecule has 0 radical (unpaired) electrons. The molecule has 50 heavy (non-hydrogen) atoms. The Hall–Kier alpha value is -4.73. The maximum Gasteiger partial charge on any atom is 0.411 e. The van der Waals surface area contributed by atoms with Crippen molar-refractivity contribution in [2.75, 3.05) is 19.6 Å². The summed E-state index contributed by atoms with van der Waals surface area (Å²) >= 11 is 0. The fourth-order valence-electron chi connectivity index (χ4n) is 7.65. The number of likely N-dealkylation sites (tertiary alicyclic amines) is 1. The van der Waals surface area contributed by atoms with E-state index >= 15 is 0 Å². The van der Waals surface area contributed by atoms with Gasteiger partial charge in [0.05, 0.1) is 12.2 Å². The van der Waals surface area contributed by atoms with E-state index in [1.54, 1.807) is 29.2 Å². The maximum atomic E-state index is 14.2. The smallest absolute Gasteiger partial charge is 0.322 e. The summed E-state index contributed by atoms with van der Waals surface area (Å²) in [5.41, 5.74) is -2.43. The number of carbonyl (C=O) groups excluding carboxylic acids is 4. The summed E-state index contributed by atoms with van der Waals surface area (Å²) in [6.07, 6.45) is -2.84. The van der Waals surface area contributed by atoms with E-state index in [2.05, 4.69) is 10.4 Å². The number of hydrogen-bond acceptors (Lipinski definition) is 6. The van der Waals surface area contributed by atoms with Crippen LogP contribution in [0.3, 0.4) is 0 Å². The van der Waals surface area contributed by atoms with Gasteiger partial charge in [-0.2, -0.15) is 18.3 Å². The van der Waals surface area contributed by atoms with Crippen LogP contribution >= 0.6 is 0 Å². The summed E-state index contributed by atoms with van der Waals surface area (Å²) in [6, 6.07) is 8.25. The second-order valence-electron chi connectivity index (χ2n) is 14.0. The molecule has 16 heteroatoms. The van der Waals surface area contributed by atoms with Gasteiger partial charge in [0.25, 0.3) is 11.8 Å². The molecule has 0 unspecified atom stereocenters. The predicted molar refractivity (Wildman–Crippen MR) is 162 cm³/mol. The number of alkyl halides is 5. The van der Waals surface area contributed by atoms with E-state index in [0.29, 0.717) is 34.0 Å². The molecule has 3 aliphatic carbocycles. The van der Waals surface area contributed by atoms with Gasteiger partial charge in [-0.3, -0.25) is 28.9 Å². The number of benzene rings is 2. The highest BCUT2D eigenvalue weighted by Crippen LogP contribution is 2.54. The van der Waals surface area contributed by atoms with Crippen molar-refractivity contribution in [1.82, 2.24) is 29.8 Å². The quantitative estimate of drug-likeness (QED) is 0.268. The monoisotopic (exact) mass is 700 g/mol. The molecule has 4 amide bonds. The van der Waals surface area contributed by atoms with E-state index in [-0.39, 0.29) is 54.5 Å². The molecule has 2 aromatic carbocycles. The summed E-state index contributed by atoms with van der Waals surface area (Å²) < 4.78 is 84.4. The number of urea groups is 1. The Bertz CT molecular complexity index is 1930. The van der Waals surface area contributed by atoms with Gasteiger partial charge in [-0.15, -0.1) is 0 Å². The minimum absolute atomic E-state index is 0.00913. The molecular weight excluding hydrogens is 670 g/mol. The Morgan fingerprint density at radius 2 is 1.68 bits per heavy atom. The number of ketones is 1. The van der Waals surface area contributed by atoms with Crippen LogP contribution in [-0.4, -0.2) is 91.4 Å². The van der Waals surface area contributed by atoms with Gasteiger partial charge in [0.1, 0.15) is 17.9 Å². The predicted octanol–water partition coefficient (Wildman–Crippen LogP) is 4.80. The summed E-state index contributed by atoms with van der Waals surface area (Å²) in [7, 11) is 0. The molecule has 1 atom stereocenters. The topological polar surface area (TPSA) is 108 Å². The van der Waals surface area contributed by atoms with Crippen LogP contribution in [0, 0.1) is 5.82 Å². The number of halogens is 6. The standard InChI is InChI=1S/C34H30F6N6O4/c35-22-4-1-19(2-5-22)14-45(31(7-8-31)34(38,39)40)28(48)18-44-29(49)33(42-30(44)50)12-27(47)25-9-20(3-6-26(25)33)21-13-41-46(15-21)24-16-43(17-24)23-10-32(36,37)11-23/h1-6,9,13,15,23-24H,7-8,10-12,14,16-18H2,(H,42,50)/t33-/m0/s1. The average Bonchev–Trinajstić information content (AvgIpc) is 3.54. The number of Topliss-reactive ketones (excluding diaryl/α,β-unsaturated/α-hetero) is 1. The molecule has 10 nitrogen and oxygen atoms in total. The maximum absolute atomic E-state index is 14.2. The highest BCUT2D eigenvalue weighted by Gasteiger charge is 2.68. The molecule has 1 spiro atoms. The number of carbonyl (C=O) groups is 4. The number of imide groups is 1. The van der Waals surface area contributed by atoms with Crippen LogP contribution in [0.15, 0.2) is 54.9 Å². The van der Waals surface area contributed by atoms with Gasteiger partial charge >= 0.3 is 12.2 Å². The molecule has 3 heterocycles. The molecule has 5 aliphatic rings. The van der Waals surface area contributed by atoms with Crippen LogP contribution in [0.5, 0.6) is 0 Å². The van der Waals surface area contributed by atoms with Gasteiger partial charge in [-0.25, -0.2) is 18.0 Å². The molecule has 262 valence electrons. The van der Waals surface area contributed by atoms with E-state index in [1.807, 2.05) is 4.90 Å². The van der Waals surface area contributed by atoms with Crippen LogP contribution in [0.25, 0.3) is 11.1 Å². The van der Waals surface area contributed by atoms with Gasteiger partial charge in [0, 0.05) is 62.3 Å². The lowest BCUT2D eigenvalue weighted by Gasteiger charge is -2.50. The number of hydrogen-bond donors (Lipinski definition) is 1. The van der Waals surface area contributed by atoms with Gasteiger partial charge in [0.15, 0.2) is 11.3 Å². The second kappa shape index (κ2) is 10.9. The number of aromatic nitrogens is 2. The van der Waals surface area contributed by atoms with Crippen LogP contribution in [0.2, 0.25) is 0 Å². The zero-order chi connectivity index (χ0) is 35.4. The van der Waals surface area contributed by atoms with Gasteiger partial charge in [-0.1, -0.05) is 24.3 Å². The van der Waals surface area contributed by atoms with Crippen LogP contribution in [0.4, 0.5) is 31.1 Å². The fourth-order valence-corrected chi connectivity index (χ4v) is 7.65. The van der Waals surface area contributed by atoms with Crippen molar-refractivity contribution in [2.24, 2.45) is 0 Å². The van der Waals surface area contributed by atoms with Crippen molar-refractivity contribution < 1.29 is 45.5 Å². The first-order valence-electron chi connectivity index (χ1n) is 16.2. The van der Waals surface area contributed by atoms with Gasteiger partial charge in [-0.05, 0) is 47.7 Å². The van der Waals surface area contributed by atoms with E-state index in [9.17, 15) is 45.5 Å². The average molecular weight is 701 g/mol. The molecule has 0 bridgehead atoms. The summed E-state index contributed by atoms with van der Waals surface area (Å²) in [4.78, 5) is 57.0. The highest BCUT2D eigenvalue weighted by molar-refractivity contribution is 6.17. The first-order chi connectivity index (χ1) is 23.6. The van der Waals surface area contributed by atoms with E-state index in [0.717, 1.165) is 12.1 Å². The Labute approximate surface area is 281 Å². The normalized spacial score (nSPS) is 24.3. The Morgan fingerprint density at radius 3 is 2.32 bits per heavy atom. The van der Waals surface area contributed by atoms with E-state index < -0.39 is 72.1 Å². The van der Waals surface area contributed by atoms with Crippen molar-refractivity contribution in [3.63, 3.8) is 0 Å². The van der Waals surface area contributed by atoms with Gasteiger partial charge < -0.3 is 10.2 Å². The number of amides is 4. The molecule has 3 aromatic rings. The van der Waals surface area contributed by atoms with Crippen molar-refractivity contribution >= 4 is 23.6 Å². The zero-order valence-corrected chi connectivity index (χ0v) is 26.4. The van der Waals surface area contributed by atoms with E-state index in [1.165, 1.54) is 18.2 Å². The van der Waals surface area contributed by atoms with Crippen molar-refractivity contribution in [3.05, 3.63) is 77.4 Å². The van der Waals surface area contributed by atoms with Crippen molar-refractivity contribution in [2.45, 2.75) is 73.9 Å². The Kier molecular flexibility index (Phi) is 7.07. The molecular formula is C34H30F6N6O4. The molecule has 8 rings (SSSR count). The lowest BCUT2D eigenvalue weighted by Crippen LogP contribution is -2.59. The first-order valence-corrected chi connectivity index (χ1v) is 16.2. The third-order valence-corrected chi connectivity index (χ3v) is 10.8. The number of rotatable bonds is 8. The summed E-state index contributed by atoms with van der Waals surface area (Å²) in [5.74, 6) is -5.70. The lowest BCUT2D eigenvalue weighted by atomic mass is 9.84. The molecule has 2 saturated carbocycles. The molecule has 2 saturated heterocycles. The fraction of sp³-hybridized carbons (Fsp3) is 0.441. The van der Waals surface area contributed by atoms with Crippen LogP contribution in [-0.2, 0) is 21.7 Å². The first kappa shape index (κ1) is 32.5. The number of nitrogens with zero attached hydrogens (tertiary/aromatic N) is 5. The van der Waals surface area contributed by atoms with Crippen molar-refractivity contribution in [3.8, 4) is 11.1 Å². The second-order valence-corrected chi connectivity index (χ2v) is 14.0. The molecule has 4 fully saturated rings. The molecule has 1 aromatic heterocycles. The van der Waals surface area contributed by atoms with Crippen LogP contribution in [0.1, 0.15) is 59.6 Å². The minimum atomic E-state index is -4.79. The number of fused-ring (bicyclic) bond motifs is 2. The number of nitrogens with one attached hydrogen (secondary N) is 1. The summed E-state index contributed by atoms with van der Waals surface area (Å²) in [6.45, 7) is -0.329. The Balaban J connectivity index is 0.992. The van der Waals surface area contributed by atoms with Crippen molar-refractivity contribution in [1.29, 1.82) is 0 Å². The minimum Gasteiger partial charge on any atom is -0.322 e. The largest absolute Gasteiger partial charge is 0.411 e. The summed E-state index contributed by atoms with van der Waals surface area (Å²) in [5, 5.41) is 6.96. The lowest BCUT2D eigenvalue weighted by molar-refractivity contribution is -0.202. The third-order valence-electron chi connectivity index (χ3n) is 10.8. The molecule has 1 N–H and O–H groups in total.